The van der Waals surface area contributed by atoms with E-state index in [0.29, 0.717) is 22.9 Å². The Kier molecular flexibility index (Phi) is 4.94. The lowest BCUT2D eigenvalue weighted by atomic mass is 10.0. The maximum atomic E-state index is 10.4. The molecule has 1 aromatic carbocycles. The molecule has 0 saturated heterocycles. The third-order valence-electron chi connectivity index (χ3n) is 2.18. The van der Waals surface area contributed by atoms with E-state index >= 15 is 0 Å². The average Bonchev–Trinajstić information content (AvgIpc) is 2.28. The lowest BCUT2D eigenvalue weighted by Crippen LogP contribution is -2.18. The summed E-state index contributed by atoms with van der Waals surface area (Å²) in [6.07, 6.45) is -0.462. The van der Waals surface area contributed by atoms with Crippen LogP contribution >= 0.6 is 15.9 Å². The number of benzene rings is 1. The van der Waals surface area contributed by atoms with Gasteiger partial charge in [0.05, 0.1) is 6.10 Å². The standard InChI is InChI=1S/C11H13BrO3/c12-6-5-10(14)11(15)9-3-1-8(7-13)2-4-9/h1-4,7,10-11,14-15H,5-6H2. The van der Waals surface area contributed by atoms with Gasteiger partial charge < -0.3 is 10.2 Å². The smallest absolute Gasteiger partial charge is 0.150 e. The molecule has 0 bridgehead atoms. The van der Waals surface area contributed by atoms with Crippen LogP contribution in [0.2, 0.25) is 0 Å². The number of aliphatic hydroxyl groups is 2. The highest BCUT2D eigenvalue weighted by molar-refractivity contribution is 9.09. The molecule has 0 amide bonds. The molecular formula is C11H13BrO3. The fourth-order valence-corrected chi connectivity index (χ4v) is 1.73. The van der Waals surface area contributed by atoms with Gasteiger partial charge in [-0.05, 0) is 12.0 Å². The van der Waals surface area contributed by atoms with E-state index in [1.54, 1.807) is 24.3 Å². The van der Waals surface area contributed by atoms with Gasteiger partial charge in [0.2, 0.25) is 0 Å². The van der Waals surface area contributed by atoms with E-state index in [1.807, 2.05) is 0 Å². The van der Waals surface area contributed by atoms with Crippen molar-refractivity contribution in [1.29, 1.82) is 0 Å². The molecule has 0 aromatic heterocycles. The molecule has 0 spiro atoms. The number of alkyl halides is 1. The minimum absolute atomic E-state index is 0.483. The van der Waals surface area contributed by atoms with E-state index in [1.165, 1.54) is 0 Å². The zero-order valence-corrected chi connectivity index (χ0v) is 9.72. The van der Waals surface area contributed by atoms with Crippen molar-refractivity contribution in [3.05, 3.63) is 35.4 Å². The predicted octanol–water partition coefficient (Wildman–Crippen LogP) is 1.68. The van der Waals surface area contributed by atoms with Gasteiger partial charge in [0.1, 0.15) is 12.4 Å². The Hall–Kier alpha value is -0.710. The minimum atomic E-state index is -0.900. The highest BCUT2D eigenvalue weighted by Gasteiger charge is 2.17. The van der Waals surface area contributed by atoms with Gasteiger partial charge in [0.25, 0.3) is 0 Å². The van der Waals surface area contributed by atoms with E-state index in [0.717, 1.165) is 6.29 Å². The highest BCUT2D eigenvalue weighted by atomic mass is 79.9. The molecule has 0 saturated carbocycles. The second-order valence-corrected chi connectivity index (χ2v) is 4.07. The summed E-state index contributed by atoms with van der Waals surface area (Å²) in [6, 6.07) is 6.52. The average molecular weight is 273 g/mol. The van der Waals surface area contributed by atoms with Crippen molar-refractivity contribution in [2.45, 2.75) is 18.6 Å². The van der Waals surface area contributed by atoms with Crippen molar-refractivity contribution in [3.63, 3.8) is 0 Å². The topological polar surface area (TPSA) is 57.5 Å². The molecule has 0 aliphatic rings. The first-order valence-corrected chi connectivity index (χ1v) is 5.78. The number of rotatable bonds is 5. The van der Waals surface area contributed by atoms with E-state index in [9.17, 15) is 15.0 Å². The number of hydrogen-bond acceptors (Lipinski definition) is 3. The number of carbonyl (C=O) groups is 1. The van der Waals surface area contributed by atoms with Gasteiger partial charge in [-0.15, -0.1) is 0 Å². The molecule has 2 N–H and O–H groups in total. The second-order valence-electron chi connectivity index (χ2n) is 3.27. The Morgan fingerprint density at radius 3 is 2.33 bits per heavy atom. The highest BCUT2D eigenvalue weighted by Crippen LogP contribution is 2.19. The molecule has 3 nitrogen and oxygen atoms in total. The molecule has 15 heavy (non-hydrogen) atoms. The SMILES string of the molecule is O=Cc1ccc(C(O)C(O)CCBr)cc1. The monoisotopic (exact) mass is 272 g/mol. The molecule has 82 valence electrons. The van der Waals surface area contributed by atoms with Crippen molar-refractivity contribution >= 4 is 22.2 Å². The van der Waals surface area contributed by atoms with Crippen LogP contribution in [0.15, 0.2) is 24.3 Å². The molecule has 0 radical (unpaired) electrons. The molecule has 4 heteroatoms. The Morgan fingerprint density at radius 2 is 1.87 bits per heavy atom. The van der Waals surface area contributed by atoms with Crippen molar-refractivity contribution in [2.75, 3.05) is 5.33 Å². The van der Waals surface area contributed by atoms with Crippen LogP contribution in [0.4, 0.5) is 0 Å². The zero-order chi connectivity index (χ0) is 11.3. The predicted molar refractivity (Wildman–Crippen MR) is 61.2 cm³/mol. The molecule has 0 aliphatic carbocycles. The lowest BCUT2D eigenvalue weighted by Gasteiger charge is -2.17. The first kappa shape index (κ1) is 12.4. The largest absolute Gasteiger partial charge is 0.390 e. The third-order valence-corrected chi connectivity index (χ3v) is 2.64. The van der Waals surface area contributed by atoms with Gasteiger partial charge in [-0.2, -0.15) is 0 Å². The molecule has 0 heterocycles. The fraction of sp³-hybridized carbons (Fsp3) is 0.364. The number of halogens is 1. The second kappa shape index (κ2) is 6.00. The van der Waals surface area contributed by atoms with E-state index in [2.05, 4.69) is 15.9 Å². The molecular weight excluding hydrogens is 260 g/mol. The van der Waals surface area contributed by atoms with Gasteiger partial charge in [-0.3, -0.25) is 4.79 Å². The maximum absolute atomic E-state index is 10.4. The van der Waals surface area contributed by atoms with Crippen LogP contribution in [0, 0.1) is 0 Å². The Bertz CT molecular complexity index is 310. The quantitative estimate of drug-likeness (QED) is 0.634. The van der Waals surface area contributed by atoms with Crippen LogP contribution in [0.5, 0.6) is 0 Å². The summed E-state index contributed by atoms with van der Waals surface area (Å²) in [7, 11) is 0. The Labute approximate surface area is 96.9 Å². The summed E-state index contributed by atoms with van der Waals surface area (Å²) in [6.45, 7) is 0. The lowest BCUT2D eigenvalue weighted by molar-refractivity contribution is 0.0173. The molecule has 2 unspecified atom stereocenters. The summed E-state index contributed by atoms with van der Waals surface area (Å²) < 4.78 is 0. The molecule has 0 aliphatic heterocycles. The van der Waals surface area contributed by atoms with E-state index in [-0.39, 0.29) is 0 Å². The van der Waals surface area contributed by atoms with Crippen molar-refractivity contribution in [3.8, 4) is 0 Å². The van der Waals surface area contributed by atoms with Crippen molar-refractivity contribution in [1.82, 2.24) is 0 Å². The fourth-order valence-electron chi connectivity index (χ4n) is 1.26. The van der Waals surface area contributed by atoms with Gasteiger partial charge in [0, 0.05) is 10.9 Å². The zero-order valence-electron chi connectivity index (χ0n) is 8.14. The molecule has 2 atom stereocenters. The minimum Gasteiger partial charge on any atom is -0.390 e. The normalized spacial score (nSPS) is 14.6. The first-order chi connectivity index (χ1) is 7.19. The Balaban J connectivity index is 2.73. The van der Waals surface area contributed by atoms with Crippen LogP contribution in [0.25, 0.3) is 0 Å². The first-order valence-electron chi connectivity index (χ1n) is 4.66. The summed E-state index contributed by atoms with van der Waals surface area (Å²) in [4.78, 5) is 10.4. The molecule has 0 fully saturated rings. The summed E-state index contributed by atoms with van der Waals surface area (Å²) >= 11 is 3.20. The van der Waals surface area contributed by atoms with Crippen LogP contribution in [-0.4, -0.2) is 27.9 Å². The summed E-state index contributed by atoms with van der Waals surface area (Å²) in [5, 5.41) is 19.9. The third kappa shape index (κ3) is 3.41. The van der Waals surface area contributed by atoms with Gasteiger partial charge in [0.15, 0.2) is 0 Å². The molecule has 1 aromatic rings. The molecule has 1 rings (SSSR count). The number of aliphatic hydroxyl groups excluding tert-OH is 2. The summed E-state index contributed by atoms with van der Waals surface area (Å²) in [5.41, 5.74) is 1.18. The van der Waals surface area contributed by atoms with E-state index in [4.69, 9.17) is 0 Å². The van der Waals surface area contributed by atoms with Gasteiger partial charge in [-0.25, -0.2) is 0 Å². The van der Waals surface area contributed by atoms with Crippen LogP contribution in [-0.2, 0) is 0 Å². The number of hydrogen-bond donors (Lipinski definition) is 2. The number of carbonyl (C=O) groups excluding carboxylic acids is 1. The maximum Gasteiger partial charge on any atom is 0.150 e. The number of aldehydes is 1. The van der Waals surface area contributed by atoms with Gasteiger partial charge >= 0.3 is 0 Å². The van der Waals surface area contributed by atoms with Crippen LogP contribution in [0.3, 0.4) is 0 Å². The van der Waals surface area contributed by atoms with Crippen molar-refractivity contribution in [2.24, 2.45) is 0 Å². The van der Waals surface area contributed by atoms with Gasteiger partial charge in [-0.1, -0.05) is 40.2 Å². The van der Waals surface area contributed by atoms with E-state index < -0.39 is 12.2 Å². The Morgan fingerprint density at radius 1 is 1.27 bits per heavy atom. The van der Waals surface area contributed by atoms with Crippen LogP contribution in [0.1, 0.15) is 28.4 Å². The van der Waals surface area contributed by atoms with Crippen LogP contribution < -0.4 is 0 Å². The summed E-state index contributed by atoms with van der Waals surface area (Å²) in [5.74, 6) is 0. The van der Waals surface area contributed by atoms with Crippen molar-refractivity contribution < 1.29 is 15.0 Å².